The summed E-state index contributed by atoms with van der Waals surface area (Å²) < 4.78 is 14.1. The first-order chi connectivity index (χ1) is 9.06. The second-order valence-corrected chi connectivity index (χ2v) is 4.65. The summed E-state index contributed by atoms with van der Waals surface area (Å²) in [6, 6.07) is 10.4. The van der Waals surface area contributed by atoms with E-state index in [-0.39, 0.29) is 5.69 Å². The van der Waals surface area contributed by atoms with Gasteiger partial charge >= 0.3 is 6.03 Å². The topological polar surface area (TPSA) is 67.1 Å². The van der Waals surface area contributed by atoms with Gasteiger partial charge in [0.15, 0.2) is 0 Å². The van der Waals surface area contributed by atoms with Crippen molar-refractivity contribution < 1.29 is 9.18 Å². The maximum atomic E-state index is 13.3. The molecule has 0 aliphatic heterocycles. The molecule has 0 spiro atoms. The minimum absolute atomic E-state index is 0.116. The van der Waals surface area contributed by atoms with E-state index in [0.717, 1.165) is 4.47 Å². The van der Waals surface area contributed by atoms with Crippen LogP contribution in [0.3, 0.4) is 0 Å². The van der Waals surface area contributed by atoms with Crippen molar-refractivity contribution in [3.8, 4) is 0 Å². The van der Waals surface area contributed by atoms with Crippen LogP contribution in [0, 0.1) is 5.82 Å². The first kappa shape index (κ1) is 13.4. The quantitative estimate of drug-likeness (QED) is 0.735. The fraction of sp³-hybridized carbons (Fsp3) is 0. The van der Waals surface area contributed by atoms with E-state index in [1.807, 2.05) is 0 Å². The third kappa shape index (κ3) is 3.45. The molecule has 4 N–H and O–H groups in total. The molecule has 0 heterocycles. The largest absolute Gasteiger partial charge is 0.398 e. The van der Waals surface area contributed by atoms with Gasteiger partial charge in [0.25, 0.3) is 0 Å². The molecule has 2 amide bonds. The third-order valence-electron chi connectivity index (χ3n) is 2.38. The van der Waals surface area contributed by atoms with Gasteiger partial charge in [-0.25, -0.2) is 9.18 Å². The molecule has 2 aromatic carbocycles. The molecular formula is C13H11BrFN3O. The van der Waals surface area contributed by atoms with Gasteiger partial charge in [-0.15, -0.1) is 0 Å². The number of halogens is 2. The van der Waals surface area contributed by atoms with Gasteiger partial charge in [0.05, 0.1) is 5.69 Å². The number of anilines is 3. The molecule has 6 heteroatoms. The SMILES string of the molecule is Nc1cc(NC(=O)Nc2ccccc2F)ccc1Br. The molecule has 0 atom stereocenters. The van der Waals surface area contributed by atoms with Crippen LogP contribution < -0.4 is 16.4 Å². The Labute approximate surface area is 117 Å². The van der Waals surface area contributed by atoms with Crippen LogP contribution in [-0.2, 0) is 0 Å². The molecule has 0 unspecified atom stereocenters. The Morgan fingerprint density at radius 3 is 2.58 bits per heavy atom. The number of urea groups is 1. The van der Waals surface area contributed by atoms with Crippen molar-refractivity contribution in [3.05, 3.63) is 52.8 Å². The molecule has 0 radical (unpaired) electrons. The van der Waals surface area contributed by atoms with E-state index in [1.165, 1.54) is 12.1 Å². The molecule has 0 bridgehead atoms. The number of hydrogen-bond acceptors (Lipinski definition) is 2. The molecule has 2 rings (SSSR count). The van der Waals surface area contributed by atoms with Gasteiger partial charge < -0.3 is 16.4 Å². The third-order valence-corrected chi connectivity index (χ3v) is 3.10. The van der Waals surface area contributed by atoms with Crippen LogP contribution in [0.1, 0.15) is 0 Å². The van der Waals surface area contributed by atoms with Gasteiger partial charge in [0, 0.05) is 15.8 Å². The molecule has 0 saturated heterocycles. The highest BCUT2D eigenvalue weighted by Gasteiger charge is 2.07. The maximum Gasteiger partial charge on any atom is 0.323 e. The van der Waals surface area contributed by atoms with E-state index >= 15 is 0 Å². The van der Waals surface area contributed by atoms with E-state index in [9.17, 15) is 9.18 Å². The van der Waals surface area contributed by atoms with Crippen molar-refractivity contribution in [2.45, 2.75) is 0 Å². The molecular weight excluding hydrogens is 313 g/mol. The predicted molar refractivity (Wildman–Crippen MR) is 77.6 cm³/mol. The number of nitrogens with one attached hydrogen (secondary N) is 2. The normalized spacial score (nSPS) is 10.0. The second-order valence-electron chi connectivity index (χ2n) is 3.80. The number of nitrogen functional groups attached to an aromatic ring is 1. The van der Waals surface area contributed by atoms with Gasteiger partial charge in [0.1, 0.15) is 5.82 Å². The molecule has 0 aromatic heterocycles. The van der Waals surface area contributed by atoms with E-state index in [2.05, 4.69) is 26.6 Å². The number of benzene rings is 2. The summed E-state index contributed by atoms with van der Waals surface area (Å²) >= 11 is 3.26. The van der Waals surface area contributed by atoms with Crippen molar-refractivity contribution in [3.63, 3.8) is 0 Å². The highest BCUT2D eigenvalue weighted by Crippen LogP contribution is 2.23. The van der Waals surface area contributed by atoms with Crippen molar-refractivity contribution in [2.24, 2.45) is 0 Å². The lowest BCUT2D eigenvalue weighted by Gasteiger charge is -2.09. The van der Waals surface area contributed by atoms with Crippen molar-refractivity contribution in [2.75, 3.05) is 16.4 Å². The molecule has 4 nitrogen and oxygen atoms in total. The number of amides is 2. The monoisotopic (exact) mass is 323 g/mol. The van der Waals surface area contributed by atoms with Crippen molar-refractivity contribution >= 4 is 39.0 Å². The second kappa shape index (κ2) is 5.71. The first-order valence-corrected chi connectivity index (χ1v) is 6.23. The fourth-order valence-electron chi connectivity index (χ4n) is 1.47. The summed E-state index contributed by atoms with van der Waals surface area (Å²) in [4.78, 5) is 11.7. The van der Waals surface area contributed by atoms with Crippen molar-refractivity contribution in [1.29, 1.82) is 0 Å². The number of hydrogen-bond donors (Lipinski definition) is 3. The summed E-state index contributed by atoms with van der Waals surface area (Å²) in [5.41, 5.74) is 6.84. The minimum atomic E-state index is -0.535. The Kier molecular flexibility index (Phi) is 4.01. The van der Waals surface area contributed by atoms with Gasteiger partial charge in [-0.1, -0.05) is 12.1 Å². The van der Waals surface area contributed by atoms with E-state index < -0.39 is 11.8 Å². The van der Waals surface area contributed by atoms with Crippen LogP contribution in [0.4, 0.5) is 26.2 Å². The Balaban J connectivity index is 2.05. The summed E-state index contributed by atoms with van der Waals surface area (Å²) in [7, 11) is 0. The van der Waals surface area contributed by atoms with Gasteiger partial charge in [-0.05, 0) is 46.3 Å². The van der Waals surface area contributed by atoms with Crippen LogP contribution in [-0.4, -0.2) is 6.03 Å². The number of nitrogens with two attached hydrogens (primary N) is 1. The zero-order valence-corrected chi connectivity index (χ0v) is 11.4. The van der Waals surface area contributed by atoms with Gasteiger partial charge in [-0.3, -0.25) is 0 Å². The number of rotatable bonds is 2. The molecule has 0 fully saturated rings. The summed E-state index contributed by atoms with van der Waals surface area (Å²) in [6.45, 7) is 0. The van der Waals surface area contributed by atoms with Gasteiger partial charge in [0.2, 0.25) is 0 Å². The predicted octanol–water partition coefficient (Wildman–Crippen LogP) is 3.81. The smallest absolute Gasteiger partial charge is 0.323 e. The number of para-hydroxylation sites is 1. The average molecular weight is 324 g/mol. The van der Waals surface area contributed by atoms with Crippen LogP contribution in [0.2, 0.25) is 0 Å². The number of carbonyl (C=O) groups is 1. The zero-order valence-electron chi connectivity index (χ0n) is 9.78. The highest BCUT2D eigenvalue weighted by atomic mass is 79.9. The fourth-order valence-corrected chi connectivity index (χ4v) is 1.72. The Morgan fingerprint density at radius 2 is 1.89 bits per heavy atom. The van der Waals surface area contributed by atoms with E-state index in [0.29, 0.717) is 11.4 Å². The lowest BCUT2D eigenvalue weighted by Crippen LogP contribution is -2.20. The standard InChI is InChI=1S/C13H11BrFN3O/c14-9-6-5-8(7-11(9)16)17-13(19)18-12-4-2-1-3-10(12)15/h1-7H,16H2,(H2,17,18,19). The average Bonchev–Trinajstić information content (AvgIpc) is 2.37. The molecule has 19 heavy (non-hydrogen) atoms. The zero-order chi connectivity index (χ0) is 13.8. The molecule has 98 valence electrons. The Bertz CT molecular complexity index is 619. The molecule has 2 aromatic rings. The Morgan fingerprint density at radius 1 is 1.16 bits per heavy atom. The molecule has 0 saturated carbocycles. The Hall–Kier alpha value is -2.08. The number of carbonyl (C=O) groups excluding carboxylic acids is 1. The van der Waals surface area contributed by atoms with Crippen LogP contribution in [0.5, 0.6) is 0 Å². The lowest BCUT2D eigenvalue weighted by atomic mass is 10.3. The molecule has 0 aliphatic carbocycles. The lowest BCUT2D eigenvalue weighted by molar-refractivity contribution is 0.262. The van der Waals surface area contributed by atoms with Crippen LogP contribution in [0.15, 0.2) is 46.9 Å². The highest BCUT2D eigenvalue weighted by molar-refractivity contribution is 9.10. The van der Waals surface area contributed by atoms with Crippen molar-refractivity contribution in [1.82, 2.24) is 0 Å². The van der Waals surface area contributed by atoms with E-state index in [4.69, 9.17) is 5.73 Å². The molecule has 0 aliphatic rings. The summed E-state index contributed by atoms with van der Waals surface area (Å²) in [5, 5.41) is 4.98. The maximum absolute atomic E-state index is 13.3. The summed E-state index contributed by atoms with van der Waals surface area (Å²) in [6.07, 6.45) is 0. The summed E-state index contributed by atoms with van der Waals surface area (Å²) in [5.74, 6) is -0.493. The van der Waals surface area contributed by atoms with Crippen LogP contribution in [0.25, 0.3) is 0 Å². The van der Waals surface area contributed by atoms with Crippen LogP contribution >= 0.6 is 15.9 Å². The van der Waals surface area contributed by atoms with Gasteiger partial charge in [-0.2, -0.15) is 0 Å². The minimum Gasteiger partial charge on any atom is -0.398 e. The first-order valence-electron chi connectivity index (χ1n) is 5.44. The van der Waals surface area contributed by atoms with E-state index in [1.54, 1.807) is 30.3 Å².